The van der Waals surface area contributed by atoms with Crippen molar-refractivity contribution in [1.82, 2.24) is 0 Å². The Balaban J connectivity index is 2.26. The van der Waals surface area contributed by atoms with Crippen molar-refractivity contribution in [3.05, 3.63) is 64.2 Å². The summed E-state index contributed by atoms with van der Waals surface area (Å²) in [5.41, 5.74) is 14.8. The molecule has 3 aromatic carbocycles. The number of benzene rings is 3. The molecule has 4 rings (SSSR count). The van der Waals surface area contributed by atoms with Gasteiger partial charge in [-0.2, -0.15) is 16.8 Å². The molecule has 0 saturated heterocycles. The van der Waals surface area contributed by atoms with Gasteiger partial charge in [-0.1, -0.05) is 24.3 Å². The number of carbonyl (C=O) groups is 2. The summed E-state index contributed by atoms with van der Waals surface area (Å²) in [5.74, 6) is -1.54. The summed E-state index contributed by atoms with van der Waals surface area (Å²) in [6.45, 7) is 1.32. The molecule has 0 amide bonds. The number of hydrogen-bond donors (Lipinski definition) is 5. The zero-order chi connectivity index (χ0) is 25.3. The van der Waals surface area contributed by atoms with E-state index < -0.39 is 64.1 Å². The van der Waals surface area contributed by atoms with Crippen molar-refractivity contribution in [3.8, 4) is 11.1 Å². The fraction of sp³-hybridized carbons (Fsp3) is 0.0476. The van der Waals surface area contributed by atoms with Gasteiger partial charge in [-0.3, -0.25) is 18.7 Å². The van der Waals surface area contributed by atoms with E-state index in [4.69, 9.17) is 17.2 Å². The second kappa shape index (κ2) is 7.36. The number of nitrogens with two attached hydrogens (primary N) is 3. The van der Waals surface area contributed by atoms with Gasteiger partial charge in [-0.15, -0.1) is 0 Å². The summed E-state index contributed by atoms with van der Waals surface area (Å²) in [7, 11) is -9.92. The number of rotatable bonds is 3. The smallest absolute Gasteiger partial charge is 0.298 e. The first-order chi connectivity index (χ1) is 15.7. The highest BCUT2D eigenvalue weighted by molar-refractivity contribution is 7.86. The summed E-state index contributed by atoms with van der Waals surface area (Å²) in [6, 6.07) is 7.84. The molecule has 0 saturated carbocycles. The number of hydrogen-bond acceptors (Lipinski definition) is 9. The van der Waals surface area contributed by atoms with Crippen LogP contribution < -0.4 is 17.2 Å². The zero-order valence-electron chi connectivity index (χ0n) is 17.4. The molecule has 3 aromatic rings. The van der Waals surface area contributed by atoms with Crippen molar-refractivity contribution in [2.45, 2.75) is 16.7 Å². The van der Waals surface area contributed by atoms with Crippen LogP contribution in [0.25, 0.3) is 11.1 Å². The Morgan fingerprint density at radius 3 is 1.74 bits per heavy atom. The molecule has 11 nitrogen and oxygen atoms in total. The minimum absolute atomic E-state index is 0.0168. The molecular formula is C21H17N3O8S2. The van der Waals surface area contributed by atoms with Crippen LogP contribution >= 0.6 is 0 Å². The minimum Gasteiger partial charge on any atom is -0.398 e. The SMILES string of the molecule is Cc1c(N)cc(-c2c(N)c(S(=O)(=O)O)c(N)c3c2C(=O)c2ccccc2C3=O)cc1S(=O)(=O)O. The topological polar surface area (TPSA) is 221 Å². The summed E-state index contributed by atoms with van der Waals surface area (Å²) in [6.07, 6.45) is 0. The van der Waals surface area contributed by atoms with E-state index >= 15 is 0 Å². The molecule has 1 aliphatic carbocycles. The molecule has 13 heteroatoms. The molecule has 0 atom stereocenters. The van der Waals surface area contributed by atoms with E-state index in [-0.39, 0.29) is 33.5 Å². The van der Waals surface area contributed by atoms with E-state index in [0.717, 1.165) is 6.07 Å². The Hall–Kier alpha value is -3.78. The number of ketones is 2. The number of anilines is 3. The Bertz CT molecular complexity index is 1680. The normalized spacial score (nSPS) is 13.5. The third kappa shape index (κ3) is 3.33. The van der Waals surface area contributed by atoms with Crippen LogP contribution in [0.2, 0.25) is 0 Å². The van der Waals surface area contributed by atoms with Crippen molar-refractivity contribution in [3.63, 3.8) is 0 Å². The molecule has 8 N–H and O–H groups in total. The average Bonchev–Trinajstić information content (AvgIpc) is 2.72. The maximum atomic E-state index is 13.5. The monoisotopic (exact) mass is 503 g/mol. The summed E-state index contributed by atoms with van der Waals surface area (Å²) < 4.78 is 67.6. The molecular weight excluding hydrogens is 486 g/mol. The fourth-order valence-corrected chi connectivity index (χ4v) is 5.62. The molecule has 0 spiro atoms. The molecule has 0 heterocycles. The van der Waals surface area contributed by atoms with Gasteiger partial charge < -0.3 is 17.2 Å². The molecule has 0 radical (unpaired) electrons. The van der Waals surface area contributed by atoms with Gasteiger partial charge in [-0.05, 0) is 30.2 Å². The predicted octanol–water partition coefficient (Wildman–Crippen LogP) is 1.68. The van der Waals surface area contributed by atoms with Gasteiger partial charge in [0.25, 0.3) is 20.2 Å². The van der Waals surface area contributed by atoms with Gasteiger partial charge in [0.15, 0.2) is 11.6 Å². The lowest BCUT2D eigenvalue weighted by Gasteiger charge is -2.25. The maximum absolute atomic E-state index is 13.5. The third-order valence-corrected chi connectivity index (χ3v) is 7.56. The largest absolute Gasteiger partial charge is 0.398 e. The zero-order valence-corrected chi connectivity index (χ0v) is 19.0. The van der Waals surface area contributed by atoms with E-state index in [1.54, 1.807) is 0 Å². The van der Waals surface area contributed by atoms with Crippen molar-refractivity contribution >= 4 is 48.9 Å². The first kappa shape index (κ1) is 23.4. The molecule has 1 aliphatic rings. The van der Waals surface area contributed by atoms with E-state index in [2.05, 4.69) is 0 Å². The van der Waals surface area contributed by atoms with Crippen LogP contribution in [0.1, 0.15) is 37.4 Å². The Kier molecular flexibility index (Phi) is 5.06. The summed E-state index contributed by atoms with van der Waals surface area (Å²) in [4.78, 5) is 25.1. The van der Waals surface area contributed by atoms with Crippen molar-refractivity contribution < 1.29 is 35.5 Å². The summed E-state index contributed by atoms with van der Waals surface area (Å²) in [5, 5.41) is 0. The van der Waals surface area contributed by atoms with Crippen molar-refractivity contribution in [1.29, 1.82) is 0 Å². The average molecular weight is 504 g/mol. The fourth-order valence-electron chi connectivity index (χ4n) is 4.08. The van der Waals surface area contributed by atoms with Gasteiger partial charge in [-0.25, -0.2) is 0 Å². The van der Waals surface area contributed by atoms with E-state index in [1.807, 2.05) is 0 Å². The van der Waals surface area contributed by atoms with Gasteiger partial charge >= 0.3 is 0 Å². The lowest BCUT2D eigenvalue weighted by Crippen LogP contribution is -2.26. The first-order valence-electron chi connectivity index (χ1n) is 9.45. The van der Waals surface area contributed by atoms with Crippen molar-refractivity contribution in [2.24, 2.45) is 0 Å². The molecule has 0 aromatic heterocycles. The minimum atomic E-state index is -5.12. The highest BCUT2D eigenvalue weighted by atomic mass is 32.2. The molecule has 0 aliphatic heterocycles. The highest BCUT2D eigenvalue weighted by Crippen LogP contribution is 2.46. The summed E-state index contributed by atoms with van der Waals surface area (Å²) >= 11 is 0. The lowest BCUT2D eigenvalue weighted by molar-refractivity contribution is 0.0980. The van der Waals surface area contributed by atoms with E-state index in [9.17, 15) is 35.5 Å². The molecule has 176 valence electrons. The van der Waals surface area contributed by atoms with E-state index in [0.29, 0.717) is 0 Å². The van der Waals surface area contributed by atoms with Gasteiger partial charge in [0, 0.05) is 27.9 Å². The second-order valence-electron chi connectivity index (χ2n) is 7.62. The van der Waals surface area contributed by atoms with Crippen LogP contribution in [0, 0.1) is 6.92 Å². The molecule has 34 heavy (non-hydrogen) atoms. The third-order valence-electron chi connectivity index (χ3n) is 5.62. The number of carbonyl (C=O) groups excluding carboxylic acids is 2. The van der Waals surface area contributed by atoms with Gasteiger partial charge in [0.05, 0.1) is 21.8 Å². The van der Waals surface area contributed by atoms with Crippen LogP contribution in [0.15, 0.2) is 46.2 Å². The van der Waals surface area contributed by atoms with Crippen LogP contribution in [0.4, 0.5) is 17.1 Å². The molecule has 0 unspecified atom stereocenters. The maximum Gasteiger partial charge on any atom is 0.298 e. The van der Waals surface area contributed by atoms with Crippen LogP contribution in [0.3, 0.4) is 0 Å². The Labute approximate surface area is 193 Å². The number of fused-ring (bicyclic) bond motifs is 2. The van der Waals surface area contributed by atoms with E-state index in [1.165, 1.54) is 37.3 Å². The lowest BCUT2D eigenvalue weighted by atomic mass is 9.79. The standard InChI is InChI=1S/C21H17N3O8S2/c1-8-12(22)6-9(7-13(8)33(27,28)29)14-15-16(18(24)21(17(14)23)34(30,31)32)20(26)11-5-3-2-4-10(11)19(15)25/h2-7H,22-24H2,1H3,(H,27,28,29)(H,30,31,32). The van der Waals surface area contributed by atoms with Gasteiger partial charge in [0.2, 0.25) is 0 Å². The highest BCUT2D eigenvalue weighted by Gasteiger charge is 2.39. The van der Waals surface area contributed by atoms with Crippen LogP contribution in [-0.2, 0) is 20.2 Å². The van der Waals surface area contributed by atoms with Crippen LogP contribution in [-0.4, -0.2) is 37.5 Å². The Morgan fingerprint density at radius 1 is 0.735 bits per heavy atom. The molecule has 0 bridgehead atoms. The number of nitrogen functional groups attached to an aromatic ring is 3. The molecule has 0 fully saturated rings. The van der Waals surface area contributed by atoms with Crippen molar-refractivity contribution in [2.75, 3.05) is 17.2 Å². The predicted molar refractivity (Wildman–Crippen MR) is 123 cm³/mol. The van der Waals surface area contributed by atoms with Crippen LogP contribution in [0.5, 0.6) is 0 Å². The van der Waals surface area contributed by atoms with Gasteiger partial charge in [0.1, 0.15) is 4.90 Å². The Morgan fingerprint density at radius 2 is 1.24 bits per heavy atom. The second-order valence-corrected chi connectivity index (χ2v) is 10.4. The first-order valence-corrected chi connectivity index (χ1v) is 12.3. The quantitative estimate of drug-likeness (QED) is 0.200.